The number of rotatable bonds is 6. The van der Waals surface area contributed by atoms with Crippen molar-refractivity contribution in [2.75, 3.05) is 6.54 Å². The molecule has 1 aromatic carbocycles. The lowest BCUT2D eigenvalue weighted by Crippen LogP contribution is -2.14. The number of nitrogens with one attached hydrogen (secondary N) is 1. The summed E-state index contributed by atoms with van der Waals surface area (Å²) in [6.07, 6.45) is 4.48. The van der Waals surface area contributed by atoms with Gasteiger partial charge in [-0.15, -0.1) is 0 Å². The van der Waals surface area contributed by atoms with Crippen LogP contribution in [0.2, 0.25) is 0 Å². The van der Waals surface area contributed by atoms with E-state index in [0.29, 0.717) is 22.5 Å². The van der Waals surface area contributed by atoms with Gasteiger partial charge in [0, 0.05) is 30.6 Å². The average molecular weight is 339 g/mol. The second-order valence-corrected chi connectivity index (χ2v) is 5.19. The number of benzene rings is 1. The molecule has 0 amide bonds. The van der Waals surface area contributed by atoms with E-state index in [1.807, 2.05) is 0 Å². The fraction of sp³-hybridized carbons (Fsp3) is 0.267. The molecule has 0 saturated heterocycles. The number of nitrogens with zero attached hydrogens (tertiary/aromatic N) is 1. The molecular formula is C15H16BrFN2O. The highest BCUT2D eigenvalue weighted by atomic mass is 79.9. The molecule has 0 atom stereocenters. The first-order valence-corrected chi connectivity index (χ1v) is 7.26. The summed E-state index contributed by atoms with van der Waals surface area (Å²) >= 11 is 3.35. The molecule has 1 N–H and O–H groups in total. The van der Waals surface area contributed by atoms with Gasteiger partial charge in [0.05, 0.1) is 4.47 Å². The number of halogens is 2. The predicted molar refractivity (Wildman–Crippen MR) is 80.4 cm³/mol. The number of hydrogen-bond acceptors (Lipinski definition) is 3. The van der Waals surface area contributed by atoms with E-state index < -0.39 is 0 Å². The molecule has 0 aliphatic rings. The van der Waals surface area contributed by atoms with Crippen molar-refractivity contribution in [2.45, 2.75) is 19.9 Å². The Bertz CT molecular complexity index is 578. The zero-order chi connectivity index (χ0) is 14.4. The molecule has 2 rings (SSSR count). The minimum absolute atomic E-state index is 0.331. The highest BCUT2D eigenvalue weighted by molar-refractivity contribution is 9.10. The quantitative estimate of drug-likeness (QED) is 0.798. The Morgan fingerprint density at radius 2 is 2.15 bits per heavy atom. The molecule has 1 aromatic heterocycles. The molecule has 2 aromatic rings. The highest BCUT2D eigenvalue weighted by Gasteiger charge is 2.08. The lowest BCUT2D eigenvalue weighted by atomic mass is 10.2. The van der Waals surface area contributed by atoms with E-state index in [9.17, 15) is 4.39 Å². The maximum Gasteiger partial charge on any atom is 0.144 e. The zero-order valence-corrected chi connectivity index (χ0v) is 12.8. The largest absolute Gasteiger partial charge is 0.456 e. The van der Waals surface area contributed by atoms with E-state index in [1.165, 1.54) is 12.1 Å². The van der Waals surface area contributed by atoms with Gasteiger partial charge >= 0.3 is 0 Å². The Labute approximate surface area is 126 Å². The molecule has 20 heavy (non-hydrogen) atoms. The summed E-state index contributed by atoms with van der Waals surface area (Å²) in [6.45, 7) is 3.71. The van der Waals surface area contributed by atoms with Crippen LogP contribution in [0.3, 0.4) is 0 Å². The summed E-state index contributed by atoms with van der Waals surface area (Å²) in [7, 11) is 0. The molecule has 0 spiro atoms. The molecule has 106 valence electrons. The molecule has 0 radical (unpaired) electrons. The fourth-order valence-electron chi connectivity index (χ4n) is 1.72. The predicted octanol–water partition coefficient (Wildman–Crippen LogP) is 4.28. The van der Waals surface area contributed by atoms with Crippen LogP contribution >= 0.6 is 15.9 Å². The molecule has 5 heteroatoms. The Morgan fingerprint density at radius 3 is 2.95 bits per heavy atom. The van der Waals surface area contributed by atoms with Crippen LogP contribution in [0.4, 0.5) is 4.39 Å². The van der Waals surface area contributed by atoms with Crippen LogP contribution < -0.4 is 10.1 Å². The normalized spacial score (nSPS) is 10.6. The second kappa shape index (κ2) is 7.36. The summed E-state index contributed by atoms with van der Waals surface area (Å²) in [5.41, 5.74) is 0.942. The van der Waals surface area contributed by atoms with Gasteiger partial charge in [-0.3, -0.25) is 4.98 Å². The number of pyridine rings is 1. The van der Waals surface area contributed by atoms with Gasteiger partial charge in [-0.05, 0) is 47.1 Å². The molecule has 0 aliphatic heterocycles. The summed E-state index contributed by atoms with van der Waals surface area (Å²) in [4.78, 5) is 4.10. The summed E-state index contributed by atoms with van der Waals surface area (Å²) in [5.74, 6) is 0.797. The summed E-state index contributed by atoms with van der Waals surface area (Å²) in [5, 5.41) is 3.30. The van der Waals surface area contributed by atoms with Crippen LogP contribution in [0.5, 0.6) is 11.5 Å². The van der Waals surface area contributed by atoms with Crippen LogP contribution in [-0.2, 0) is 6.54 Å². The van der Waals surface area contributed by atoms with Crippen molar-refractivity contribution in [3.05, 3.63) is 52.5 Å². The van der Waals surface area contributed by atoms with Crippen LogP contribution in [0.25, 0.3) is 0 Å². The minimum Gasteiger partial charge on any atom is -0.456 e. The van der Waals surface area contributed by atoms with E-state index in [2.05, 4.69) is 33.2 Å². The first kappa shape index (κ1) is 14.9. The van der Waals surface area contributed by atoms with Crippen LogP contribution in [0.15, 0.2) is 41.1 Å². The summed E-state index contributed by atoms with van der Waals surface area (Å²) < 4.78 is 19.8. The Balaban J connectivity index is 2.18. The Morgan fingerprint density at radius 1 is 1.30 bits per heavy atom. The maximum atomic E-state index is 13.3. The molecule has 3 nitrogen and oxygen atoms in total. The monoisotopic (exact) mass is 338 g/mol. The molecule has 0 fully saturated rings. The third-order valence-corrected chi connectivity index (χ3v) is 3.37. The van der Waals surface area contributed by atoms with Crippen LogP contribution in [-0.4, -0.2) is 11.5 Å². The zero-order valence-electron chi connectivity index (χ0n) is 11.2. The third-order valence-electron chi connectivity index (χ3n) is 2.71. The maximum absolute atomic E-state index is 13.3. The van der Waals surface area contributed by atoms with Gasteiger partial charge in [-0.1, -0.05) is 6.92 Å². The van der Waals surface area contributed by atoms with Crippen molar-refractivity contribution in [1.82, 2.24) is 10.3 Å². The van der Waals surface area contributed by atoms with Gasteiger partial charge in [0.1, 0.15) is 17.3 Å². The number of hydrogen-bond donors (Lipinski definition) is 1. The van der Waals surface area contributed by atoms with Crippen LogP contribution in [0, 0.1) is 5.82 Å². The van der Waals surface area contributed by atoms with Gasteiger partial charge in [0.2, 0.25) is 0 Å². The first-order valence-electron chi connectivity index (χ1n) is 6.47. The fourth-order valence-corrected chi connectivity index (χ4v) is 2.05. The standard InChI is InChI=1S/C15H16BrFN2O/c1-2-6-18-9-11-10-19-7-5-14(11)20-15-8-12(17)3-4-13(15)16/h3-5,7-8,10,18H,2,6,9H2,1H3. The summed E-state index contributed by atoms with van der Waals surface area (Å²) in [6, 6.07) is 6.14. The van der Waals surface area contributed by atoms with Crippen molar-refractivity contribution < 1.29 is 9.13 Å². The highest BCUT2D eigenvalue weighted by Crippen LogP contribution is 2.31. The Kier molecular flexibility index (Phi) is 5.49. The lowest BCUT2D eigenvalue weighted by molar-refractivity contribution is 0.463. The number of ether oxygens (including phenoxy) is 1. The van der Waals surface area contributed by atoms with Crippen molar-refractivity contribution in [1.29, 1.82) is 0 Å². The van der Waals surface area contributed by atoms with Gasteiger partial charge in [-0.25, -0.2) is 4.39 Å². The third kappa shape index (κ3) is 4.02. The van der Waals surface area contributed by atoms with E-state index in [-0.39, 0.29) is 5.82 Å². The van der Waals surface area contributed by atoms with Gasteiger partial charge in [0.15, 0.2) is 0 Å². The van der Waals surface area contributed by atoms with E-state index >= 15 is 0 Å². The van der Waals surface area contributed by atoms with Crippen LogP contribution in [0.1, 0.15) is 18.9 Å². The SMILES string of the molecule is CCCNCc1cnccc1Oc1cc(F)ccc1Br. The minimum atomic E-state index is -0.331. The molecule has 0 unspecified atom stereocenters. The topological polar surface area (TPSA) is 34.2 Å². The molecule has 0 aliphatic carbocycles. The molecule has 0 saturated carbocycles. The lowest BCUT2D eigenvalue weighted by Gasteiger charge is -2.12. The Hall–Kier alpha value is -1.46. The average Bonchev–Trinajstić information content (AvgIpc) is 2.45. The van der Waals surface area contributed by atoms with Gasteiger partial charge in [0.25, 0.3) is 0 Å². The van der Waals surface area contributed by atoms with E-state index in [4.69, 9.17) is 4.74 Å². The molecule has 1 heterocycles. The van der Waals surface area contributed by atoms with Gasteiger partial charge in [-0.2, -0.15) is 0 Å². The van der Waals surface area contributed by atoms with Crippen molar-refractivity contribution in [2.24, 2.45) is 0 Å². The van der Waals surface area contributed by atoms with E-state index in [1.54, 1.807) is 24.5 Å². The molecule has 0 bridgehead atoms. The van der Waals surface area contributed by atoms with E-state index in [0.717, 1.165) is 18.5 Å². The van der Waals surface area contributed by atoms with Crippen molar-refractivity contribution in [3.8, 4) is 11.5 Å². The second-order valence-electron chi connectivity index (χ2n) is 4.34. The van der Waals surface area contributed by atoms with Gasteiger partial charge < -0.3 is 10.1 Å². The van der Waals surface area contributed by atoms with Crippen molar-refractivity contribution in [3.63, 3.8) is 0 Å². The first-order chi connectivity index (χ1) is 9.70. The number of aromatic nitrogens is 1. The smallest absolute Gasteiger partial charge is 0.144 e. The molecular weight excluding hydrogens is 323 g/mol. The van der Waals surface area contributed by atoms with Crippen molar-refractivity contribution >= 4 is 15.9 Å².